The van der Waals surface area contributed by atoms with E-state index in [9.17, 15) is 14.4 Å². The van der Waals surface area contributed by atoms with Crippen LogP contribution in [0.15, 0.2) is 21.0 Å². The van der Waals surface area contributed by atoms with Crippen LogP contribution in [0.4, 0.5) is 0 Å². The molecule has 0 aromatic carbocycles. The van der Waals surface area contributed by atoms with Crippen LogP contribution in [0.2, 0.25) is 0 Å². The molecule has 2 aromatic rings. The minimum absolute atomic E-state index is 0.0899. The lowest BCUT2D eigenvalue weighted by molar-refractivity contribution is -0.123. The van der Waals surface area contributed by atoms with Crippen molar-refractivity contribution >= 4 is 27.5 Å². The normalized spacial score (nSPS) is 11.8. The summed E-state index contributed by atoms with van der Waals surface area (Å²) in [5.41, 5.74) is -0.547. The Labute approximate surface area is 132 Å². The number of hydrogen-bond donors (Lipinski definition) is 1. The molecule has 6 nitrogen and oxygen atoms in total. The van der Waals surface area contributed by atoms with Crippen molar-refractivity contribution in [3.8, 4) is 0 Å². The number of hydrogen-bond acceptors (Lipinski definition) is 4. The summed E-state index contributed by atoms with van der Waals surface area (Å²) in [5, 5.41) is 4.60. The van der Waals surface area contributed by atoms with Gasteiger partial charge in [-0.15, -0.1) is 11.3 Å². The highest BCUT2D eigenvalue weighted by Gasteiger charge is 2.18. The van der Waals surface area contributed by atoms with Gasteiger partial charge in [0.05, 0.1) is 5.52 Å². The van der Waals surface area contributed by atoms with Crippen LogP contribution in [-0.2, 0) is 17.9 Å². The topological polar surface area (TPSA) is 73.1 Å². The minimum Gasteiger partial charge on any atom is -0.350 e. The molecular weight excluding hydrogens is 302 g/mol. The minimum atomic E-state index is -0.429. The van der Waals surface area contributed by atoms with Crippen LogP contribution in [-0.4, -0.2) is 20.6 Å². The Morgan fingerprint density at radius 3 is 2.55 bits per heavy atom. The summed E-state index contributed by atoms with van der Waals surface area (Å²) in [5.74, 6) is -0.246. The van der Waals surface area contributed by atoms with Crippen LogP contribution >= 0.6 is 11.3 Å². The van der Waals surface area contributed by atoms with Crippen LogP contribution in [0.5, 0.6) is 0 Å². The van der Waals surface area contributed by atoms with E-state index in [-0.39, 0.29) is 23.6 Å². The monoisotopic (exact) mass is 323 g/mol. The number of fused-ring (bicyclic) bond motifs is 1. The number of rotatable bonds is 4. The Hall–Kier alpha value is -1.89. The van der Waals surface area contributed by atoms with Crippen LogP contribution < -0.4 is 16.6 Å². The maximum Gasteiger partial charge on any atom is 0.332 e. The largest absolute Gasteiger partial charge is 0.350 e. The highest BCUT2D eigenvalue weighted by atomic mass is 32.1. The maximum atomic E-state index is 12.5. The number of nitrogens with one attached hydrogen (secondary N) is 1. The average Bonchev–Trinajstić information content (AvgIpc) is 2.87. The fourth-order valence-corrected chi connectivity index (χ4v) is 3.15. The summed E-state index contributed by atoms with van der Waals surface area (Å²) >= 11 is 1.29. The maximum absolute atomic E-state index is 12.5. The van der Waals surface area contributed by atoms with E-state index < -0.39 is 5.69 Å². The molecule has 2 heterocycles. The molecule has 0 unspecified atom stereocenters. The summed E-state index contributed by atoms with van der Waals surface area (Å²) < 4.78 is 3.10. The number of carbonyl (C=O) groups is 1. The van der Waals surface area contributed by atoms with Crippen molar-refractivity contribution in [1.29, 1.82) is 0 Å². The number of thiophene rings is 1. The molecule has 0 aliphatic rings. The molecule has 0 aliphatic carbocycles. The smallest absolute Gasteiger partial charge is 0.332 e. The van der Waals surface area contributed by atoms with Gasteiger partial charge in [0.2, 0.25) is 5.91 Å². The molecule has 0 fully saturated rings. The molecule has 2 aromatic heterocycles. The van der Waals surface area contributed by atoms with Gasteiger partial charge in [-0.25, -0.2) is 4.79 Å². The number of amides is 1. The zero-order chi connectivity index (χ0) is 16.5. The highest BCUT2D eigenvalue weighted by Crippen LogP contribution is 2.15. The van der Waals surface area contributed by atoms with Crippen molar-refractivity contribution in [1.82, 2.24) is 14.5 Å². The average molecular weight is 323 g/mol. The Bertz CT molecular complexity index is 808. The zero-order valence-corrected chi connectivity index (χ0v) is 14.1. The quantitative estimate of drug-likeness (QED) is 0.928. The van der Waals surface area contributed by atoms with Crippen molar-refractivity contribution in [2.24, 2.45) is 0 Å². The number of aromatic nitrogens is 2. The molecule has 0 saturated heterocycles. The van der Waals surface area contributed by atoms with Crippen molar-refractivity contribution in [3.63, 3.8) is 0 Å². The second-order valence-electron chi connectivity index (χ2n) is 6.26. The second kappa shape index (κ2) is 6.08. The Balaban J connectivity index is 2.53. The standard InChI is InChI=1S/C15H21N3O3S/c1-5-7-17-13(20)12-10(6-8-22-12)18(14(17)21)9-11(19)16-15(2,3)4/h6,8H,5,7,9H2,1-4H3,(H,16,19). The first kappa shape index (κ1) is 16.5. The molecule has 0 saturated carbocycles. The molecule has 0 bridgehead atoms. The predicted molar refractivity (Wildman–Crippen MR) is 88.5 cm³/mol. The zero-order valence-electron chi connectivity index (χ0n) is 13.3. The molecule has 0 atom stereocenters. The van der Waals surface area contributed by atoms with E-state index >= 15 is 0 Å². The summed E-state index contributed by atoms with van der Waals surface area (Å²) in [7, 11) is 0. The molecule has 0 aliphatic heterocycles. The van der Waals surface area contributed by atoms with Gasteiger partial charge in [-0.1, -0.05) is 6.92 Å². The van der Waals surface area contributed by atoms with Gasteiger partial charge in [-0.3, -0.25) is 18.7 Å². The fraction of sp³-hybridized carbons (Fsp3) is 0.533. The van der Waals surface area contributed by atoms with Crippen molar-refractivity contribution in [3.05, 3.63) is 32.3 Å². The fourth-order valence-electron chi connectivity index (χ4n) is 2.31. The van der Waals surface area contributed by atoms with Crippen LogP contribution in [0.25, 0.3) is 10.2 Å². The summed E-state index contributed by atoms with van der Waals surface area (Å²) in [6, 6.07) is 1.71. The number of nitrogens with zero attached hydrogens (tertiary/aromatic N) is 2. The lowest BCUT2D eigenvalue weighted by Crippen LogP contribution is -2.46. The van der Waals surface area contributed by atoms with E-state index in [1.165, 1.54) is 20.5 Å². The SMILES string of the molecule is CCCn1c(=O)c2sccc2n(CC(=O)NC(C)(C)C)c1=O. The summed E-state index contributed by atoms with van der Waals surface area (Å²) in [6.45, 7) is 7.81. The van der Waals surface area contributed by atoms with E-state index in [4.69, 9.17) is 0 Å². The lowest BCUT2D eigenvalue weighted by Gasteiger charge is -2.21. The van der Waals surface area contributed by atoms with Gasteiger partial charge < -0.3 is 5.32 Å². The van der Waals surface area contributed by atoms with E-state index in [1.807, 2.05) is 27.7 Å². The Morgan fingerprint density at radius 2 is 1.95 bits per heavy atom. The molecule has 120 valence electrons. The molecule has 1 amide bonds. The summed E-state index contributed by atoms with van der Waals surface area (Å²) in [4.78, 5) is 37.0. The van der Waals surface area contributed by atoms with Gasteiger partial charge in [-0.2, -0.15) is 0 Å². The van der Waals surface area contributed by atoms with Crippen LogP contribution in [0.3, 0.4) is 0 Å². The van der Waals surface area contributed by atoms with Crippen molar-refractivity contribution in [2.45, 2.75) is 52.7 Å². The third kappa shape index (κ3) is 3.30. The highest BCUT2D eigenvalue weighted by molar-refractivity contribution is 7.17. The van der Waals surface area contributed by atoms with Crippen molar-refractivity contribution in [2.75, 3.05) is 0 Å². The summed E-state index contributed by atoms with van der Waals surface area (Å²) in [6.07, 6.45) is 0.681. The Morgan fingerprint density at radius 1 is 1.27 bits per heavy atom. The third-order valence-corrected chi connectivity index (χ3v) is 3.99. The molecule has 7 heteroatoms. The van der Waals surface area contributed by atoms with Crippen LogP contribution in [0, 0.1) is 0 Å². The third-order valence-electron chi connectivity index (χ3n) is 3.10. The van der Waals surface area contributed by atoms with Gasteiger partial charge in [0, 0.05) is 12.1 Å². The molecule has 2 rings (SSSR count). The second-order valence-corrected chi connectivity index (χ2v) is 7.17. The lowest BCUT2D eigenvalue weighted by atomic mass is 10.1. The van der Waals surface area contributed by atoms with E-state index in [1.54, 1.807) is 11.4 Å². The molecular formula is C15H21N3O3S. The van der Waals surface area contributed by atoms with E-state index in [0.29, 0.717) is 23.2 Å². The first-order valence-corrected chi connectivity index (χ1v) is 8.14. The van der Waals surface area contributed by atoms with Gasteiger partial charge in [-0.05, 0) is 38.6 Å². The van der Waals surface area contributed by atoms with Gasteiger partial charge >= 0.3 is 5.69 Å². The molecule has 22 heavy (non-hydrogen) atoms. The first-order chi connectivity index (χ1) is 10.2. The van der Waals surface area contributed by atoms with Crippen LogP contribution in [0.1, 0.15) is 34.1 Å². The molecule has 0 spiro atoms. The molecule has 0 radical (unpaired) electrons. The van der Waals surface area contributed by atoms with E-state index in [0.717, 1.165) is 0 Å². The number of carbonyl (C=O) groups excluding carboxylic acids is 1. The van der Waals surface area contributed by atoms with Gasteiger partial charge in [0.1, 0.15) is 11.2 Å². The van der Waals surface area contributed by atoms with Crippen molar-refractivity contribution < 1.29 is 4.79 Å². The van der Waals surface area contributed by atoms with Gasteiger partial charge in [0.15, 0.2) is 0 Å². The van der Waals surface area contributed by atoms with E-state index in [2.05, 4.69) is 5.32 Å². The molecule has 1 N–H and O–H groups in total. The predicted octanol–water partition coefficient (Wildman–Crippen LogP) is 1.55. The Kier molecular flexibility index (Phi) is 4.55. The first-order valence-electron chi connectivity index (χ1n) is 7.26. The van der Waals surface area contributed by atoms with Gasteiger partial charge in [0.25, 0.3) is 5.56 Å².